The smallest absolute Gasteiger partial charge is 0.410 e. The highest BCUT2D eigenvalue weighted by Gasteiger charge is 2.58. The van der Waals surface area contributed by atoms with Crippen molar-refractivity contribution in [3.05, 3.63) is 29.3 Å². The number of ether oxygens (including phenoxy) is 2. The third-order valence-electron chi connectivity index (χ3n) is 10.9. The highest BCUT2D eigenvalue weighted by molar-refractivity contribution is 7.80. The molecule has 12 heteroatoms. The molecule has 0 aromatic heterocycles. The summed E-state index contributed by atoms with van der Waals surface area (Å²) in [4.78, 5) is 26.5. The molecule has 5 rings (SSSR count). The summed E-state index contributed by atoms with van der Waals surface area (Å²) in [6.07, 6.45) is 3.91. The number of aryl methyl sites for hydroxylation is 1. The second kappa shape index (κ2) is 16.3. The number of hydrogen-bond acceptors (Lipinski definition) is 5. The maximum absolute atomic E-state index is 14.2. The van der Waals surface area contributed by atoms with Crippen molar-refractivity contribution in [3.8, 4) is 5.75 Å². The highest BCUT2D eigenvalue weighted by Crippen LogP contribution is 2.60. The zero-order valence-electron chi connectivity index (χ0n) is 28.4. The lowest BCUT2D eigenvalue weighted by Crippen LogP contribution is -2.43. The van der Waals surface area contributed by atoms with Crippen LogP contribution in [-0.4, -0.2) is 74.6 Å². The number of halogens is 5. The number of benzene rings is 1. The third kappa shape index (κ3) is 9.67. The standard InChI is InChI=1S/C23H28FNO4.C7H16.C5H7BF4S/c1-23-7-6-17-16-5-3-15(29-22(27)25-8-10-28-11-9-25)12-14(16)2-4-18(17)19(23)13-20(24)21(23)26;1-5-7(3,4)6-2;6-5(9,10)4(7,8)2-1-3-11/h3,5,12,17-20H,2,4,6-11,13H2,1H3;5-6H2,1-4H3;11H,1-3H2. The molecule has 3 fully saturated rings. The molecule has 1 aromatic carbocycles. The fraction of sp³-hybridized carbons (Fsp3) is 0.771. The molecule has 0 bridgehead atoms. The van der Waals surface area contributed by atoms with Crippen LogP contribution in [-0.2, 0) is 16.0 Å². The van der Waals surface area contributed by atoms with E-state index in [9.17, 15) is 31.5 Å². The zero-order valence-corrected chi connectivity index (χ0v) is 29.3. The molecule has 1 heterocycles. The van der Waals surface area contributed by atoms with E-state index in [-0.39, 0.29) is 30.0 Å². The van der Waals surface area contributed by atoms with Crippen LogP contribution in [0.25, 0.3) is 0 Å². The molecule has 1 aromatic rings. The SMILES string of the molecule is CC12CCC3c4ccc(OC(=O)N5CCOCC5)cc4CCC3C1CC(F)C2=O.CCC(C)(C)CC.[B]C(F)(F)C(F)(F)CCCS. The van der Waals surface area contributed by atoms with Gasteiger partial charge in [0.25, 0.3) is 11.7 Å². The zero-order chi connectivity index (χ0) is 35.2. The molecule has 4 aliphatic rings. The van der Waals surface area contributed by atoms with Gasteiger partial charge in [-0.2, -0.15) is 12.6 Å². The van der Waals surface area contributed by atoms with Gasteiger partial charge in [-0.05, 0) is 90.7 Å². The Balaban J connectivity index is 0.000000277. The largest absolute Gasteiger partial charge is 0.415 e. The quantitative estimate of drug-likeness (QED) is 0.177. The Morgan fingerprint density at radius 1 is 1.13 bits per heavy atom. The Hall–Kier alpha value is -1.82. The molecule has 264 valence electrons. The molecule has 0 N–H and O–H groups in total. The van der Waals surface area contributed by atoms with Gasteiger partial charge in [-0.1, -0.05) is 53.5 Å². The number of carbonyl (C=O) groups is 2. The van der Waals surface area contributed by atoms with Crippen molar-refractivity contribution < 1.29 is 41.0 Å². The number of amides is 1. The van der Waals surface area contributed by atoms with Gasteiger partial charge in [-0.3, -0.25) is 4.79 Å². The number of hydrogen-bond donors (Lipinski definition) is 1. The Morgan fingerprint density at radius 2 is 1.77 bits per heavy atom. The van der Waals surface area contributed by atoms with Crippen molar-refractivity contribution in [1.29, 1.82) is 0 Å². The van der Waals surface area contributed by atoms with Crippen molar-refractivity contribution in [2.75, 3.05) is 32.1 Å². The lowest BCUT2D eigenvalue weighted by Gasteiger charge is -2.48. The minimum atomic E-state index is -4.42. The number of rotatable bonds is 7. The lowest BCUT2D eigenvalue weighted by atomic mass is 9.55. The second-order valence-corrected chi connectivity index (χ2v) is 14.7. The molecule has 3 aliphatic carbocycles. The molecule has 5 atom stereocenters. The van der Waals surface area contributed by atoms with Gasteiger partial charge in [0.05, 0.1) is 13.2 Å². The number of carbonyl (C=O) groups excluding carboxylic acids is 2. The van der Waals surface area contributed by atoms with E-state index in [0.29, 0.717) is 55.7 Å². The topological polar surface area (TPSA) is 55.8 Å². The van der Waals surface area contributed by atoms with E-state index >= 15 is 0 Å². The van der Waals surface area contributed by atoms with E-state index in [1.807, 2.05) is 19.1 Å². The van der Waals surface area contributed by atoms with Crippen LogP contribution in [0.2, 0.25) is 0 Å². The van der Waals surface area contributed by atoms with Gasteiger partial charge in [-0.25, -0.2) is 26.7 Å². The first kappa shape index (κ1) is 39.6. The van der Waals surface area contributed by atoms with E-state index in [1.54, 1.807) is 4.90 Å². The Bertz CT molecular complexity index is 1200. The second-order valence-electron chi connectivity index (χ2n) is 14.3. The molecule has 47 heavy (non-hydrogen) atoms. The van der Waals surface area contributed by atoms with Gasteiger partial charge in [0.1, 0.15) is 5.75 Å². The van der Waals surface area contributed by atoms with Crippen molar-refractivity contribution in [2.45, 2.75) is 116 Å². The van der Waals surface area contributed by atoms with Crippen LogP contribution in [0.4, 0.5) is 26.7 Å². The minimum Gasteiger partial charge on any atom is -0.410 e. The summed E-state index contributed by atoms with van der Waals surface area (Å²) in [7, 11) is 3.95. The number of ketones is 1. The van der Waals surface area contributed by atoms with Crippen molar-refractivity contribution >= 4 is 32.4 Å². The first-order valence-electron chi connectivity index (χ1n) is 16.9. The number of fused-ring (bicyclic) bond motifs is 5. The predicted molar refractivity (Wildman–Crippen MR) is 178 cm³/mol. The maximum atomic E-state index is 14.2. The van der Waals surface area contributed by atoms with Crippen LogP contribution >= 0.6 is 12.6 Å². The number of Topliss-reactive ketones (excluding diaryl/α,β-unsaturated/α-hetero) is 1. The Labute approximate surface area is 283 Å². The number of nitrogens with zero attached hydrogens (tertiary/aromatic N) is 1. The maximum Gasteiger partial charge on any atom is 0.415 e. The summed E-state index contributed by atoms with van der Waals surface area (Å²) in [6.45, 7) is 13.3. The minimum absolute atomic E-state index is 0.0805. The fourth-order valence-corrected chi connectivity index (χ4v) is 7.16. The fourth-order valence-electron chi connectivity index (χ4n) is 7.00. The van der Waals surface area contributed by atoms with Crippen LogP contribution in [0.1, 0.15) is 103 Å². The molecule has 1 saturated heterocycles. The van der Waals surface area contributed by atoms with Gasteiger partial charge in [0.2, 0.25) is 0 Å². The van der Waals surface area contributed by atoms with Crippen molar-refractivity contribution in [2.24, 2.45) is 22.7 Å². The van der Waals surface area contributed by atoms with E-state index in [1.165, 1.54) is 24.0 Å². The van der Waals surface area contributed by atoms with Crippen LogP contribution in [0.3, 0.4) is 0 Å². The van der Waals surface area contributed by atoms with E-state index in [2.05, 4.69) is 54.2 Å². The average molecular weight is 688 g/mol. The van der Waals surface area contributed by atoms with Gasteiger partial charge >= 0.3 is 6.09 Å². The Kier molecular flexibility index (Phi) is 13.7. The molecule has 1 amide bonds. The van der Waals surface area contributed by atoms with Crippen LogP contribution < -0.4 is 4.74 Å². The predicted octanol–water partition coefficient (Wildman–Crippen LogP) is 8.82. The Morgan fingerprint density at radius 3 is 2.32 bits per heavy atom. The first-order chi connectivity index (χ1) is 21.9. The molecular weight excluding hydrogens is 636 g/mol. The summed E-state index contributed by atoms with van der Waals surface area (Å²) in [6, 6.07) is 5.96. The lowest BCUT2D eigenvalue weighted by molar-refractivity contribution is -0.161. The summed E-state index contributed by atoms with van der Waals surface area (Å²) < 4.78 is 73.2. The normalized spacial score (nSPS) is 27.3. The third-order valence-corrected chi connectivity index (χ3v) is 11.2. The number of alkyl halides is 5. The van der Waals surface area contributed by atoms with Gasteiger partial charge in [0, 0.05) is 24.9 Å². The molecule has 0 spiro atoms. The molecule has 1 aliphatic heterocycles. The molecular formula is C35H51BF5NO4S. The van der Waals surface area contributed by atoms with Crippen LogP contribution in [0, 0.1) is 22.7 Å². The summed E-state index contributed by atoms with van der Waals surface area (Å²) in [5.74, 6) is -7.09. The first-order valence-corrected chi connectivity index (χ1v) is 17.5. The molecule has 5 unspecified atom stereocenters. The van der Waals surface area contributed by atoms with Crippen LogP contribution in [0.15, 0.2) is 18.2 Å². The monoisotopic (exact) mass is 687 g/mol. The van der Waals surface area contributed by atoms with Gasteiger partial charge in [0.15, 0.2) is 19.8 Å². The summed E-state index contributed by atoms with van der Waals surface area (Å²) >= 11 is 3.61. The van der Waals surface area contributed by atoms with Gasteiger partial charge < -0.3 is 14.4 Å². The van der Waals surface area contributed by atoms with Crippen LogP contribution in [0.5, 0.6) is 5.75 Å². The van der Waals surface area contributed by atoms with E-state index in [0.717, 1.165) is 25.7 Å². The molecule has 5 nitrogen and oxygen atoms in total. The average Bonchev–Trinajstić information content (AvgIpc) is 3.28. The highest BCUT2D eigenvalue weighted by atomic mass is 32.1. The van der Waals surface area contributed by atoms with E-state index < -0.39 is 29.8 Å². The molecule has 2 radical (unpaired) electrons. The summed E-state index contributed by atoms with van der Waals surface area (Å²) in [5, 5.41) is 0. The van der Waals surface area contributed by atoms with Crippen molar-refractivity contribution in [1.82, 2.24) is 4.90 Å². The van der Waals surface area contributed by atoms with Crippen molar-refractivity contribution in [3.63, 3.8) is 0 Å². The van der Waals surface area contributed by atoms with Gasteiger partial charge in [-0.15, -0.1) is 0 Å². The summed E-state index contributed by atoms with van der Waals surface area (Å²) in [5.41, 5.74) is 2.62. The number of thiol groups is 1. The number of morpholine rings is 1. The molecule has 2 saturated carbocycles. The van der Waals surface area contributed by atoms with E-state index in [4.69, 9.17) is 9.47 Å².